The van der Waals surface area contributed by atoms with Gasteiger partial charge in [-0.25, -0.2) is 13.5 Å². The van der Waals surface area contributed by atoms with Gasteiger partial charge in [0.25, 0.3) is 5.91 Å². The first kappa shape index (κ1) is 19.3. The third-order valence-corrected chi connectivity index (χ3v) is 5.89. The Kier molecular flexibility index (Phi) is 4.53. The highest BCUT2D eigenvalue weighted by molar-refractivity contribution is 5.95. The number of nitrogens with zero attached hydrogens (tertiary/aromatic N) is 3. The molecule has 3 atom stereocenters. The summed E-state index contributed by atoms with van der Waals surface area (Å²) in [6.45, 7) is 0. The van der Waals surface area contributed by atoms with E-state index in [9.17, 15) is 23.5 Å². The van der Waals surface area contributed by atoms with Crippen LogP contribution in [0.3, 0.4) is 0 Å². The van der Waals surface area contributed by atoms with Gasteiger partial charge < -0.3 is 10.4 Å². The van der Waals surface area contributed by atoms with E-state index in [1.807, 2.05) is 0 Å². The fourth-order valence-electron chi connectivity index (χ4n) is 4.37. The quantitative estimate of drug-likeness (QED) is 0.634. The van der Waals surface area contributed by atoms with Gasteiger partial charge in [0.05, 0.1) is 18.2 Å². The number of halogens is 2. The number of rotatable bonds is 6. The van der Waals surface area contributed by atoms with E-state index in [1.54, 1.807) is 18.3 Å². The zero-order valence-corrected chi connectivity index (χ0v) is 16.3. The number of carboxylic acids is 1. The molecule has 0 unspecified atom stereocenters. The largest absolute Gasteiger partial charge is 0.481 e. The molecule has 0 bridgehead atoms. The molecule has 2 N–H and O–H groups in total. The van der Waals surface area contributed by atoms with Crippen molar-refractivity contribution in [3.05, 3.63) is 76.9 Å². The molecular weight excluding hydrogens is 406 g/mol. The molecule has 2 aromatic heterocycles. The minimum Gasteiger partial charge on any atom is -0.481 e. The number of carboxylic acid groups (broad SMARTS) is 1. The monoisotopic (exact) mass is 424 g/mol. The van der Waals surface area contributed by atoms with E-state index in [0.717, 1.165) is 29.8 Å². The number of carbonyl (C=O) groups excluding carboxylic acids is 1. The van der Waals surface area contributed by atoms with Gasteiger partial charge in [-0.2, -0.15) is 5.10 Å². The zero-order valence-electron chi connectivity index (χ0n) is 16.3. The first-order valence-electron chi connectivity index (χ1n) is 9.92. The molecule has 7 nitrogen and oxygen atoms in total. The number of pyridine rings is 1. The second-order valence-corrected chi connectivity index (χ2v) is 7.94. The maximum atomic E-state index is 14.5. The van der Waals surface area contributed by atoms with Crippen LogP contribution >= 0.6 is 0 Å². The lowest BCUT2D eigenvalue weighted by Gasteiger charge is -2.16. The van der Waals surface area contributed by atoms with E-state index in [-0.39, 0.29) is 23.7 Å². The third kappa shape index (κ3) is 3.45. The van der Waals surface area contributed by atoms with Crippen molar-refractivity contribution in [3.63, 3.8) is 0 Å². The van der Waals surface area contributed by atoms with Gasteiger partial charge in [0, 0.05) is 29.9 Å². The molecule has 0 saturated heterocycles. The molecule has 5 rings (SSSR count). The number of hydrogen-bond acceptors (Lipinski definition) is 4. The lowest BCUT2D eigenvalue weighted by molar-refractivity contribution is -0.137. The predicted molar refractivity (Wildman–Crippen MR) is 105 cm³/mol. The molecule has 0 radical (unpaired) electrons. The van der Waals surface area contributed by atoms with E-state index < -0.39 is 29.6 Å². The molecule has 31 heavy (non-hydrogen) atoms. The summed E-state index contributed by atoms with van der Waals surface area (Å²) in [7, 11) is 0. The Labute approximate surface area is 175 Å². The van der Waals surface area contributed by atoms with Crippen molar-refractivity contribution >= 4 is 11.9 Å². The van der Waals surface area contributed by atoms with E-state index in [2.05, 4.69) is 15.4 Å². The SMILES string of the molecule is O=C(O)C[C@@H](NC(=O)c1nn(-c2ccc(F)cc2F)c2c1C[C@@H]1C[C@H]21)c1cccnc1. The summed E-state index contributed by atoms with van der Waals surface area (Å²) in [5.41, 5.74) is 2.30. The van der Waals surface area contributed by atoms with Crippen molar-refractivity contribution in [2.45, 2.75) is 31.2 Å². The molecule has 0 aliphatic heterocycles. The fraction of sp³-hybridized carbons (Fsp3) is 0.273. The topological polar surface area (TPSA) is 97.1 Å². The second-order valence-electron chi connectivity index (χ2n) is 7.94. The highest BCUT2D eigenvalue weighted by Crippen LogP contribution is 2.57. The molecule has 3 aromatic rings. The normalized spacial score (nSPS) is 19.4. The first-order valence-corrected chi connectivity index (χ1v) is 9.92. The van der Waals surface area contributed by atoms with Gasteiger partial charge in [-0.1, -0.05) is 6.07 Å². The smallest absolute Gasteiger partial charge is 0.305 e. The summed E-state index contributed by atoms with van der Waals surface area (Å²) in [5, 5.41) is 16.4. The summed E-state index contributed by atoms with van der Waals surface area (Å²) in [4.78, 5) is 28.4. The van der Waals surface area contributed by atoms with Gasteiger partial charge in [0.2, 0.25) is 0 Å². The Hall–Kier alpha value is -3.62. The van der Waals surface area contributed by atoms with Crippen LogP contribution in [0, 0.1) is 17.6 Å². The van der Waals surface area contributed by atoms with Crippen LogP contribution in [0.2, 0.25) is 0 Å². The molecule has 2 aliphatic carbocycles. The van der Waals surface area contributed by atoms with Crippen molar-refractivity contribution in [1.29, 1.82) is 0 Å². The Morgan fingerprint density at radius 2 is 2.13 bits per heavy atom. The van der Waals surface area contributed by atoms with Crippen molar-refractivity contribution < 1.29 is 23.5 Å². The molecular formula is C22H18F2N4O3. The van der Waals surface area contributed by atoms with Crippen LogP contribution < -0.4 is 5.32 Å². The average Bonchev–Trinajstić information content (AvgIpc) is 3.23. The van der Waals surface area contributed by atoms with Crippen LogP contribution in [0.25, 0.3) is 5.69 Å². The third-order valence-electron chi connectivity index (χ3n) is 5.89. The summed E-state index contributed by atoms with van der Waals surface area (Å²) in [6.07, 6.45) is 4.33. The van der Waals surface area contributed by atoms with Gasteiger partial charge in [-0.3, -0.25) is 14.6 Å². The van der Waals surface area contributed by atoms with Crippen LogP contribution in [0.5, 0.6) is 0 Å². The Morgan fingerprint density at radius 1 is 1.29 bits per heavy atom. The van der Waals surface area contributed by atoms with E-state index >= 15 is 0 Å². The minimum atomic E-state index is -1.07. The summed E-state index contributed by atoms with van der Waals surface area (Å²) >= 11 is 0. The Morgan fingerprint density at radius 3 is 2.84 bits per heavy atom. The summed E-state index contributed by atoms with van der Waals surface area (Å²) in [6, 6.07) is 5.79. The van der Waals surface area contributed by atoms with Gasteiger partial charge >= 0.3 is 5.97 Å². The minimum absolute atomic E-state index is 0.0820. The predicted octanol–water partition coefficient (Wildman–Crippen LogP) is 3.15. The lowest BCUT2D eigenvalue weighted by Crippen LogP contribution is -2.31. The van der Waals surface area contributed by atoms with Gasteiger partial charge in [0.15, 0.2) is 11.5 Å². The molecule has 2 heterocycles. The molecule has 1 fully saturated rings. The maximum absolute atomic E-state index is 14.5. The van der Waals surface area contributed by atoms with E-state index in [0.29, 0.717) is 17.9 Å². The van der Waals surface area contributed by atoms with E-state index in [1.165, 1.54) is 16.9 Å². The number of fused-ring (bicyclic) bond motifs is 3. The zero-order chi connectivity index (χ0) is 21.7. The van der Waals surface area contributed by atoms with E-state index in [4.69, 9.17) is 0 Å². The summed E-state index contributed by atoms with van der Waals surface area (Å²) < 4.78 is 29.2. The highest BCUT2D eigenvalue weighted by atomic mass is 19.1. The number of nitrogens with one attached hydrogen (secondary N) is 1. The Balaban J connectivity index is 1.51. The maximum Gasteiger partial charge on any atom is 0.305 e. The highest BCUT2D eigenvalue weighted by Gasteiger charge is 2.50. The van der Waals surface area contributed by atoms with Gasteiger partial charge in [0.1, 0.15) is 11.5 Å². The number of amides is 1. The van der Waals surface area contributed by atoms with Crippen molar-refractivity contribution in [2.24, 2.45) is 5.92 Å². The average molecular weight is 424 g/mol. The molecule has 2 aliphatic rings. The molecule has 158 valence electrons. The molecule has 1 amide bonds. The molecule has 9 heteroatoms. The number of aromatic nitrogens is 3. The van der Waals surface area contributed by atoms with Crippen molar-refractivity contribution in [2.75, 3.05) is 0 Å². The standard InChI is InChI=1S/C22H18F2N4O3/c23-13-3-4-18(16(24)8-13)28-21-14-6-12(14)7-15(21)20(27-28)22(31)26-17(9-19(29)30)11-2-1-5-25-10-11/h1-5,8,10,12,14,17H,6-7,9H2,(H,26,31)(H,29,30)/t12-,14-,17+/m0/s1. The van der Waals surface area contributed by atoms with Crippen LogP contribution in [-0.2, 0) is 11.2 Å². The van der Waals surface area contributed by atoms with Crippen LogP contribution in [-0.4, -0.2) is 31.7 Å². The lowest BCUT2D eigenvalue weighted by atomic mass is 10.0. The number of carbonyl (C=O) groups is 2. The Bertz CT molecular complexity index is 1190. The van der Waals surface area contributed by atoms with Crippen LogP contribution in [0.15, 0.2) is 42.7 Å². The van der Waals surface area contributed by atoms with Crippen LogP contribution in [0.1, 0.15) is 52.1 Å². The van der Waals surface area contributed by atoms with Gasteiger partial charge in [-0.15, -0.1) is 0 Å². The van der Waals surface area contributed by atoms with Crippen molar-refractivity contribution in [3.8, 4) is 5.69 Å². The fourth-order valence-corrected chi connectivity index (χ4v) is 4.37. The number of hydrogen-bond donors (Lipinski definition) is 2. The van der Waals surface area contributed by atoms with Gasteiger partial charge in [-0.05, 0) is 42.5 Å². The molecule has 1 aromatic carbocycles. The second kappa shape index (κ2) is 7.26. The molecule has 0 spiro atoms. The number of benzene rings is 1. The first-order chi connectivity index (χ1) is 14.9. The molecule has 1 saturated carbocycles. The number of aliphatic carboxylic acids is 1. The van der Waals surface area contributed by atoms with Crippen molar-refractivity contribution in [1.82, 2.24) is 20.1 Å². The van der Waals surface area contributed by atoms with Crippen LogP contribution in [0.4, 0.5) is 8.78 Å². The summed E-state index contributed by atoms with van der Waals surface area (Å²) in [5.74, 6) is -2.47.